The summed E-state index contributed by atoms with van der Waals surface area (Å²) in [5.41, 5.74) is 1.14. The number of halogens is 1. The van der Waals surface area contributed by atoms with Gasteiger partial charge in [-0.15, -0.1) is 0 Å². The van der Waals surface area contributed by atoms with Crippen LogP contribution in [0.5, 0.6) is 11.5 Å². The molecule has 0 saturated carbocycles. The van der Waals surface area contributed by atoms with Crippen molar-refractivity contribution in [1.29, 1.82) is 0 Å². The van der Waals surface area contributed by atoms with E-state index in [1.54, 1.807) is 25.2 Å². The third-order valence-electron chi connectivity index (χ3n) is 5.65. The highest BCUT2D eigenvalue weighted by molar-refractivity contribution is 6.31. The Kier molecular flexibility index (Phi) is 6.42. The molecule has 168 valence electrons. The molecule has 6 nitrogen and oxygen atoms in total. The molecule has 0 saturated heterocycles. The second-order valence-corrected chi connectivity index (χ2v) is 8.26. The molecule has 2 heterocycles. The molecular weight excluding hydrogens is 430 g/mol. The lowest BCUT2D eigenvalue weighted by Crippen LogP contribution is -2.25. The number of unbranched alkanes of at least 4 members (excludes halogenated alkanes) is 2. The van der Waals surface area contributed by atoms with Gasteiger partial charge in [0.15, 0.2) is 16.9 Å². The molecule has 3 aromatic rings. The van der Waals surface area contributed by atoms with Gasteiger partial charge in [-0.1, -0.05) is 37.4 Å². The van der Waals surface area contributed by atoms with E-state index in [-0.39, 0.29) is 17.1 Å². The summed E-state index contributed by atoms with van der Waals surface area (Å²) in [5, 5.41) is 0.785. The third kappa shape index (κ3) is 3.95. The van der Waals surface area contributed by atoms with Crippen molar-refractivity contribution in [1.82, 2.24) is 4.90 Å². The van der Waals surface area contributed by atoms with Crippen LogP contribution in [-0.4, -0.2) is 31.1 Å². The number of rotatable bonds is 8. The van der Waals surface area contributed by atoms with Gasteiger partial charge in [-0.05, 0) is 49.2 Å². The van der Waals surface area contributed by atoms with Crippen molar-refractivity contribution in [3.63, 3.8) is 0 Å². The minimum Gasteiger partial charge on any atom is -0.490 e. The van der Waals surface area contributed by atoms with Gasteiger partial charge in [0, 0.05) is 12.1 Å². The summed E-state index contributed by atoms with van der Waals surface area (Å²) in [5.74, 6) is 0.965. The summed E-state index contributed by atoms with van der Waals surface area (Å²) in [7, 11) is 1.66. The fraction of sp³-hybridized carbons (Fsp3) is 0.360. The first-order chi connectivity index (χ1) is 15.5. The molecule has 4 rings (SSSR count). The van der Waals surface area contributed by atoms with Crippen LogP contribution < -0.4 is 14.9 Å². The smallest absolute Gasteiger partial charge is 0.290 e. The molecule has 7 heteroatoms. The molecule has 1 aliphatic rings. The second-order valence-electron chi connectivity index (χ2n) is 7.83. The predicted octanol–water partition coefficient (Wildman–Crippen LogP) is 5.59. The number of benzene rings is 2. The summed E-state index contributed by atoms with van der Waals surface area (Å²) >= 11 is 6.10. The topological polar surface area (TPSA) is 69.0 Å². The zero-order chi connectivity index (χ0) is 22.8. The van der Waals surface area contributed by atoms with E-state index in [0.29, 0.717) is 46.3 Å². The van der Waals surface area contributed by atoms with Crippen molar-refractivity contribution >= 4 is 28.5 Å². The quantitative estimate of drug-likeness (QED) is 0.414. The monoisotopic (exact) mass is 455 g/mol. The maximum absolute atomic E-state index is 13.4. The van der Waals surface area contributed by atoms with Crippen molar-refractivity contribution in [2.24, 2.45) is 0 Å². The number of ether oxygens (including phenoxy) is 2. The van der Waals surface area contributed by atoms with E-state index < -0.39 is 6.04 Å². The zero-order valence-corrected chi connectivity index (χ0v) is 19.2. The lowest BCUT2D eigenvalue weighted by molar-refractivity contribution is 0.0771. The predicted molar refractivity (Wildman–Crippen MR) is 124 cm³/mol. The van der Waals surface area contributed by atoms with Gasteiger partial charge in [-0.2, -0.15) is 0 Å². The SMILES string of the molecule is CCCCCOc1ccc(C2c3c(oc4ccc(Cl)cc4c3=O)C(=O)N2C)cc1OCC. The van der Waals surface area contributed by atoms with Crippen LogP contribution in [-0.2, 0) is 0 Å². The van der Waals surface area contributed by atoms with Gasteiger partial charge in [-0.25, -0.2) is 0 Å². The van der Waals surface area contributed by atoms with Crippen LogP contribution in [0.3, 0.4) is 0 Å². The number of amides is 1. The minimum atomic E-state index is -0.592. The first-order valence-corrected chi connectivity index (χ1v) is 11.3. The van der Waals surface area contributed by atoms with Crippen LogP contribution in [0.4, 0.5) is 0 Å². The van der Waals surface area contributed by atoms with E-state index in [1.807, 2.05) is 25.1 Å². The highest BCUT2D eigenvalue weighted by atomic mass is 35.5. The van der Waals surface area contributed by atoms with Crippen LogP contribution in [0.1, 0.15) is 60.8 Å². The number of fused-ring (bicyclic) bond motifs is 2. The normalized spacial score (nSPS) is 15.3. The summed E-state index contributed by atoms with van der Waals surface area (Å²) < 4.78 is 17.6. The Balaban J connectivity index is 1.78. The van der Waals surface area contributed by atoms with Gasteiger partial charge in [0.2, 0.25) is 5.76 Å². The molecule has 0 fully saturated rings. The summed E-state index contributed by atoms with van der Waals surface area (Å²) in [6.45, 7) is 5.12. The maximum Gasteiger partial charge on any atom is 0.290 e. The van der Waals surface area contributed by atoms with Crippen molar-refractivity contribution in [2.75, 3.05) is 20.3 Å². The number of carbonyl (C=O) groups excluding carboxylic acids is 1. The molecule has 0 aliphatic carbocycles. The van der Waals surface area contributed by atoms with Gasteiger partial charge in [-0.3, -0.25) is 9.59 Å². The van der Waals surface area contributed by atoms with Gasteiger partial charge in [0.1, 0.15) is 5.58 Å². The first-order valence-electron chi connectivity index (χ1n) is 10.9. The molecule has 2 aromatic carbocycles. The molecule has 1 amide bonds. The minimum absolute atomic E-state index is 0.0650. The van der Waals surface area contributed by atoms with Crippen LogP contribution in [0, 0.1) is 0 Å². The molecule has 0 bridgehead atoms. The van der Waals surface area contributed by atoms with Gasteiger partial charge in [0.05, 0.1) is 30.2 Å². The molecule has 1 aliphatic heterocycles. The summed E-state index contributed by atoms with van der Waals surface area (Å²) in [4.78, 5) is 27.8. The highest BCUT2D eigenvalue weighted by Crippen LogP contribution is 2.40. The fourth-order valence-corrected chi connectivity index (χ4v) is 4.24. The Morgan fingerprint density at radius 2 is 1.84 bits per heavy atom. The molecule has 1 atom stereocenters. The first kappa shape index (κ1) is 22.2. The average Bonchev–Trinajstić information content (AvgIpc) is 3.03. The van der Waals surface area contributed by atoms with Crippen LogP contribution in [0.15, 0.2) is 45.6 Å². The summed E-state index contributed by atoms with van der Waals surface area (Å²) in [6.07, 6.45) is 3.18. The molecule has 0 spiro atoms. The van der Waals surface area contributed by atoms with Crippen LogP contribution in [0.2, 0.25) is 5.02 Å². The Labute approximate surface area is 191 Å². The van der Waals surface area contributed by atoms with E-state index in [9.17, 15) is 9.59 Å². The van der Waals surface area contributed by atoms with Crippen LogP contribution in [0.25, 0.3) is 11.0 Å². The van der Waals surface area contributed by atoms with Gasteiger partial charge in [0.25, 0.3) is 5.91 Å². The number of hydrogen-bond acceptors (Lipinski definition) is 5. The zero-order valence-electron chi connectivity index (χ0n) is 18.4. The number of carbonyl (C=O) groups is 1. The number of nitrogens with zero attached hydrogens (tertiary/aromatic N) is 1. The maximum atomic E-state index is 13.4. The van der Waals surface area contributed by atoms with Gasteiger partial charge >= 0.3 is 0 Å². The molecule has 1 aromatic heterocycles. The Morgan fingerprint density at radius 1 is 1.03 bits per heavy atom. The number of hydrogen-bond donors (Lipinski definition) is 0. The van der Waals surface area contributed by atoms with Crippen molar-refractivity contribution < 1.29 is 18.7 Å². The Hall–Kier alpha value is -2.99. The van der Waals surface area contributed by atoms with E-state index in [1.165, 1.54) is 4.90 Å². The van der Waals surface area contributed by atoms with E-state index in [0.717, 1.165) is 24.8 Å². The van der Waals surface area contributed by atoms with Crippen molar-refractivity contribution in [3.05, 3.63) is 68.5 Å². The molecule has 0 radical (unpaired) electrons. The largest absolute Gasteiger partial charge is 0.490 e. The standard InChI is InChI=1S/C25H26ClNO5/c1-4-6-7-12-31-19-10-8-15(13-20(19)30-5-2)22-21-23(28)17-14-16(26)9-11-18(17)32-24(21)25(29)27(22)3/h8-11,13-14,22H,4-7,12H2,1-3H3. The van der Waals surface area contributed by atoms with Crippen molar-refractivity contribution in [2.45, 2.75) is 39.2 Å². The lowest BCUT2D eigenvalue weighted by atomic mass is 9.98. The molecule has 32 heavy (non-hydrogen) atoms. The average molecular weight is 456 g/mol. The lowest BCUT2D eigenvalue weighted by Gasteiger charge is -2.22. The Morgan fingerprint density at radius 3 is 2.59 bits per heavy atom. The van der Waals surface area contributed by atoms with Crippen LogP contribution >= 0.6 is 11.6 Å². The van der Waals surface area contributed by atoms with Gasteiger partial charge < -0.3 is 18.8 Å². The molecule has 1 unspecified atom stereocenters. The molecule has 0 N–H and O–H groups in total. The van der Waals surface area contributed by atoms with Crippen molar-refractivity contribution in [3.8, 4) is 11.5 Å². The molecular formula is C25H26ClNO5. The fourth-order valence-electron chi connectivity index (χ4n) is 4.07. The van der Waals surface area contributed by atoms with E-state index in [2.05, 4.69) is 6.92 Å². The Bertz CT molecular complexity index is 1220. The van der Waals surface area contributed by atoms with E-state index >= 15 is 0 Å². The highest BCUT2D eigenvalue weighted by Gasteiger charge is 2.41. The van der Waals surface area contributed by atoms with E-state index in [4.69, 9.17) is 25.5 Å². The second kappa shape index (κ2) is 9.25. The summed E-state index contributed by atoms with van der Waals surface area (Å²) in [6, 6.07) is 9.76. The third-order valence-corrected chi connectivity index (χ3v) is 5.89.